The summed E-state index contributed by atoms with van der Waals surface area (Å²) in [7, 11) is 0. The third-order valence-electron chi connectivity index (χ3n) is 1.04. The molecule has 0 aliphatic rings. The van der Waals surface area contributed by atoms with Gasteiger partial charge in [-0.1, -0.05) is 18.2 Å². The summed E-state index contributed by atoms with van der Waals surface area (Å²) in [5.74, 6) is -0.566. The molecule has 0 aliphatic heterocycles. The van der Waals surface area contributed by atoms with Gasteiger partial charge in [-0.25, -0.2) is 0 Å². The summed E-state index contributed by atoms with van der Waals surface area (Å²) in [6.45, 7) is 0.745. The molecule has 59 valence electrons. The average Bonchev–Trinajstić information content (AvgIpc) is 2.03. The molecule has 0 fully saturated rings. The zero-order chi connectivity index (χ0) is 8.10. The van der Waals surface area contributed by atoms with Gasteiger partial charge in [-0.15, -0.1) is 6.61 Å². The van der Waals surface area contributed by atoms with Crippen molar-refractivity contribution in [1.29, 1.82) is 0 Å². The molecule has 0 spiro atoms. The van der Waals surface area contributed by atoms with Crippen LogP contribution in [0.2, 0.25) is 0 Å². The Morgan fingerprint density at radius 3 is 2.31 bits per heavy atom. The quantitative estimate of drug-likeness (QED) is 0.413. The Morgan fingerprint density at radius 2 is 1.85 bits per heavy atom. The molecule has 0 saturated heterocycles. The van der Waals surface area contributed by atoms with Gasteiger partial charge in [-0.2, -0.15) is 0 Å². The molecular weight excluding hydrogens is 158 g/mol. The van der Waals surface area contributed by atoms with Gasteiger partial charge in [-0.3, -0.25) is 4.79 Å². The molecule has 1 N–H and O–H groups in total. The number of carboxylic acid groups (broad SMARTS) is 1. The van der Waals surface area contributed by atoms with Gasteiger partial charge in [0.15, 0.2) is 5.97 Å². The maximum atomic E-state index is 9.99. The van der Waals surface area contributed by atoms with Crippen molar-refractivity contribution in [2.45, 2.75) is 0 Å². The molecule has 0 atom stereocenters. The second-order valence-electron chi connectivity index (χ2n) is 1.89. The SMILES string of the molecule is O=C(O)[CH-]Oc1ccccc1.[Li+].[Li]. The predicted octanol–water partition coefficient (Wildman–Crippen LogP) is -2.07. The van der Waals surface area contributed by atoms with Crippen LogP contribution in [0.5, 0.6) is 5.75 Å². The molecule has 1 aromatic carbocycles. The minimum Gasteiger partial charge on any atom is -0.633 e. The van der Waals surface area contributed by atoms with Crippen LogP contribution in [0.3, 0.4) is 0 Å². The fourth-order valence-electron chi connectivity index (χ4n) is 0.618. The molecule has 0 amide bonds. The number of aliphatic carboxylic acids is 1. The molecule has 0 aliphatic carbocycles. The van der Waals surface area contributed by atoms with E-state index in [1.54, 1.807) is 24.3 Å². The predicted molar refractivity (Wildman–Crippen MR) is 44.8 cm³/mol. The van der Waals surface area contributed by atoms with Crippen molar-refractivity contribution < 1.29 is 33.5 Å². The Labute approximate surface area is 101 Å². The Kier molecular flexibility index (Phi) is 9.45. The average molecular weight is 165 g/mol. The Morgan fingerprint density at radius 1 is 1.31 bits per heavy atom. The van der Waals surface area contributed by atoms with Gasteiger partial charge < -0.3 is 9.84 Å². The summed E-state index contributed by atoms with van der Waals surface area (Å²) in [5.41, 5.74) is 0. The molecule has 5 heteroatoms. The number of ether oxygens (including phenoxy) is 1. The molecule has 1 aromatic rings. The molecule has 1 radical (unpaired) electrons. The van der Waals surface area contributed by atoms with Crippen molar-refractivity contribution in [2.75, 3.05) is 0 Å². The fourth-order valence-corrected chi connectivity index (χ4v) is 0.618. The van der Waals surface area contributed by atoms with E-state index in [1.807, 2.05) is 6.07 Å². The first kappa shape index (κ1) is 15.0. The van der Waals surface area contributed by atoms with E-state index >= 15 is 0 Å². The molecule has 0 heterocycles. The van der Waals surface area contributed by atoms with Gasteiger partial charge in [0.25, 0.3) is 0 Å². The van der Waals surface area contributed by atoms with Crippen LogP contribution in [0.4, 0.5) is 0 Å². The summed E-state index contributed by atoms with van der Waals surface area (Å²) in [6.07, 6.45) is 0. The molecule has 0 bridgehead atoms. The van der Waals surface area contributed by atoms with E-state index in [1.165, 1.54) is 0 Å². The fraction of sp³-hybridized carbons (Fsp3) is 0. The number of benzene rings is 1. The number of carbonyl (C=O) groups is 1. The number of carboxylic acids is 1. The van der Waals surface area contributed by atoms with Gasteiger partial charge in [-0.05, 0) is 12.1 Å². The topological polar surface area (TPSA) is 46.5 Å². The Hall–Kier alpha value is -0.445. The first-order chi connectivity index (χ1) is 5.29. The van der Waals surface area contributed by atoms with E-state index < -0.39 is 5.97 Å². The standard InChI is InChI=1S/C8H7O3.2Li/c9-8(10)6-11-7-4-2-1-3-5-7;;/h1-6H,(H,9,10);;/q-1;;+1. The Balaban J connectivity index is 0. The van der Waals surface area contributed by atoms with Crippen LogP contribution in [0.25, 0.3) is 0 Å². The van der Waals surface area contributed by atoms with Gasteiger partial charge >= 0.3 is 18.9 Å². The third-order valence-corrected chi connectivity index (χ3v) is 1.04. The van der Waals surface area contributed by atoms with Crippen LogP contribution >= 0.6 is 0 Å². The van der Waals surface area contributed by atoms with Crippen LogP contribution in [-0.2, 0) is 4.79 Å². The summed E-state index contributed by atoms with van der Waals surface area (Å²) in [5, 5.41) is 8.19. The number of para-hydroxylation sites is 1. The van der Waals surface area contributed by atoms with Gasteiger partial charge in [0.1, 0.15) is 0 Å². The maximum absolute atomic E-state index is 9.99. The molecular formula is C8H7Li2O3. The van der Waals surface area contributed by atoms with Crippen LogP contribution in [-0.4, -0.2) is 29.9 Å². The van der Waals surface area contributed by atoms with Gasteiger partial charge in [0, 0.05) is 18.9 Å². The number of hydrogen-bond acceptors (Lipinski definition) is 2. The number of rotatable bonds is 3. The van der Waals surface area contributed by atoms with Crippen molar-refractivity contribution >= 4 is 24.8 Å². The van der Waals surface area contributed by atoms with Gasteiger partial charge in [0.2, 0.25) is 0 Å². The molecule has 1 rings (SSSR count). The van der Waals surface area contributed by atoms with Crippen LogP contribution in [0.15, 0.2) is 30.3 Å². The monoisotopic (exact) mass is 165 g/mol. The van der Waals surface area contributed by atoms with E-state index in [4.69, 9.17) is 9.84 Å². The zero-order valence-corrected chi connectivity index (χ0v) is 7.73. The normalized spacial score (nSPS) is 7.38. The van der Waals surface area contributed by atoms with E-state index in [0.29, 0.717) is 5.75 Å². The molecule has 0 aromatic heterocycles. The molecule has 0 unspecified atom stereocenters. The van der Waals surface area contributed by atoms with Crippen molar-refractivity contribution in [3.63, 3.8) is 0 Å². The van der Waals surface area contributed by atoms with Gasteiger partial charge in [0.05, 0.1) is 5.75 Å². The van der Waals surface area contributed by atoms with E-state index in [0.717, 1.165) is 6.61 Å². The molecule has 13 heavy (non-hydrogen) atoms. The van der Waals surface area contributed by atoms with E-state index in [-0.39, 0.29) is 37.7 Å². The largest absolute Gasteiger partial charge is 1.00 e. The van der Waals surface area contributed by atoms with Crippen molar-refractivity contribution in [1.82, 2.24) is 0 Å². The van der Waals surface area contributed by atoms with Crippen molar-refractivity contribution in [3.8, 4) is 5.75 Å². The Bertz CT molecular complexity index is 238. The van der Waals surface area contributed by atoms with Crippen molar-refractivity contribution in [2.24, 2.45) is 0 Å². The third kappa shape index (κ3) is 6.69. The smallest absolute Gasteiger partial charge is 0.633 e. The van der Waals surface area contributed by atoms with Crippen LogP contribution < -0.4 is 23.6 Å². The first-order valence-corrected chi connectivity index (χ1v) is 3.07. The first-order valence-electron chi connectivity index (χ1n) is 3.07. The molecule has 0 saturated carbocycles. The molecule has 3 nitrogen and oxygen atoms in total. The summed E-state index contributed by atoms with van der Waals surface area (Å²) >= 11 is 0. The van der Waals surface area contributed by atoms with E-state index in [9.17, 15) is 4.79 Å². The summed E-state index contributed by atoms with van der Waals surface area (Å²) < 4.78 is 4.74. The summed E-state index contributed by atoms with van der Waals surface area (Å²) in [6, 6.07) is 8.72. The minimum absolute atomic E-state index is 0. The maximum Gasteiger partial charge on any atom is 1.00 e. The second-order valence-corrected chi connectivity index (χ2v) is 1.89. The second kappa shape index (κ2) is 8.17. The minimum atomic E-state index is -1.09. The van der Waals surface area contributed by atoms with Crippen molar-refractivity contribution in [3.05, 3.63) is 36.9 Å². The number of hydrogen-bond donors (Lipinski definition) is 1. The zero-order valence-electron chi connectivity index (χ0n) is 7.73. The van der Waals surface area contributed by atoms with Crippen LogP contribution in [0, 0.1) is 6.61 Å². The summed E-state index contributed by atoms with van der Waals surface area (Å²) in [4.78, 5) is 9.99. The van der Waals surface area contributed by atoms with E-state index in [2.05, 4.69) is 0 Å². The van der Waals surface area contributed by atoms with Crippen LogP contribution in [0.1, 0.15) is 0 Å².